The zero-order valence-corrected chi connectivity index (χ0v) is 14.3. The molecule has 0 bridgehead atoms. The molecule has 0 aliphatic carbocycles. The number of rotatable bonds is 3. The van der Waals surface area contributed by atoms with E-state index in [9.17, 15) is 8.42 Å². The molecule has 0 amide bonds. The third-order valence-corrected chi connectivity index (χ3v) is 5.59. The number of nitrogens with zero attached hydrogens (tertiary/aromatic N) is 3. The van der Waals surface area contributed by atoms with Gasteiger partial charge >= 0.3 is 0 Å². The molecule has 0 N–H and O–H groups in total. The molecule has 2 aromatic heterocycles. The molecule has 0 spiro atoms. The highest BCUT2D eigenvalue weighted by atomic mass is 32.2. The average molecular weight is 349 g/mol. The normalized spacial score (nSPS) is 11.7. The molecule has 124 valence electrons. The quantitative estimate of drug-likeness (QED) is 0.566. The summed E-state index contributed by atoms with van der Waals surface area (Å²) >= 11 is 0. The van der Waals surface area contributed by atoms with Gasteiger partial charge in [0.15, 0.2) is 0 Å². The molecular formula is C19H15N3O2S. The first-order chi connectivity index (χ1) is 12.1. The number of benzene rings is 2. The molecule has 0 fully saturated rings. The van der Waals surface area contributed by atoms with Crippen LogP contribution in [0.2, 0.25) is 0 Å². The number of aryl methyl sites for hydroxylation is 1. The van der Waals surface area contributed by atoms with Crippen molar-refractivity contribution in [3.05, 3.63) is 78.6 Å². The Morgan fingerprint density at radius 2 is 1.68 bits per heavy atom. The molecule has 2 heterocycles. The van der Waals surface area contributed by atoms with Gasteiger partial charge in [0.2, 0.25) is 0 Å². The van der Waals surface area contributed by atoms with Gasteiger partial charge in [-0.3, -0.25) is 4.98 Å². The molecule has 0 saturated carbocycles. The molecule has 5 nitrogen and oxygen atoms in total. The topological polar surface area (TPSA) is 64.8 Å². The van der Waals surface area contributed by atoms with E-state index in [1.807, 2.05) is 42.5 Å². The summed E-state index contributed by atoms with van der Waals surface area (Å²) in [6, 6.07) is 19.9. The molecular weight excluding hydrogens is 334 g/mol. The molecule has 6 heteroatoms. The molecule has 0 aliphatic rings. The van der Waals surface area contributed by atoms with Crippen LogP contribution in [-0.4, -0.2) is 22.6 Å². The van der Waals surface area contributed by atoms with Gasteiger partial charge in [-0.25, -0.2) is 0 Å². The molecule has 2 aromatic carbocycles. The van der Waals surface area contributed by atoms with E-state index in [2.05, 4.69) is 10.1 Å². The van der Waals surface area contributed by atoms with Crippen LogP contribution in [-0.2, 0) is 10.0 Å². The number of para-hydroxylation sites is 1. The summed E-state index contributed by atoms with van der Waals surface area (Å²) in [4.78, 5) is 4.41. The van der Waals surface area contributed by atoms with Crippen molar-refractivity contribution in [1.82, 2.24) is 14.2 Å². The van der Waals surface area contributed by atoms with E-state index in [0.29, 0.717) is 16.9 Å². The van der Waals surface area contributed by atoms with Crippen LogP contribution >= 0.6 is 0 Å². The predicted molar refractivity (Wildman–Crippen MR) is 96.7 cm³/mol. The second kappa shape index (κ2) is 5.82. The summed E-state index contributed by atoms with van der Waals surface area (Å²) in [5.41, 5.74) is 2.40. The van der Waals surface area contributed by atoms with Crippen LogP contribution in [0.25, 0.3) is 22.2 Å². The molecule has 0 unspecified atom stereocenters. The van der Waals surface area contributed by atoms with Gasteiger partial charge < -0.3 is 0 Å². The average Bonchev–Trinajstić information content (AvgIpc) is 3.05. The highest BCUT2D eigenvalue weighted by Gasteiger charge is 2.25. The van der Waals surface area contributed by atoms with Crippen molar-refractivity contribution in [3.8, 4) is 11.3 Å². The van der Waals surface area contributed by atoms with Crippen LogP contribution in [0, 0.1) is 6.92 Å². The summed E-state index contributed by atoms with van der Waals surface area (Å²) < 4.78 is 27.7. The Kier molecular flexibility index (Phi) is 3.62. The number of fused-ring (bicyclic) bond motifs is 1. The minimum Gasteiger partial charge on any atom is -0.255 e. The zero-order valence-electron chi connectivity index (χ0n) is 13.5. The molecule has 0 atom stereocenters. The largest absolute Gasteiger partial charge is 0.285 e. The summed E-state index contributed by atoms with van der Waals surface area (Å²) in [6.45, 7) is 1.78. The molecule has 0 radical (unpaired) electrons. The molecule has 4 aromatic rings. The van der Waals surface area contributed by atoms with Gasteiger partial charge in [0.1, 0.15) is 4.90 Å². The van der Waals surface area contributed by atoms with Crippen LogP contribution < -0.4 is 0 Å². The number of aromatic nitrogens is 3. The van der Waals surface area contributed by atoms with Crippen LogP contribution in [0.1, 0.15) is 5.69 Å². The smallest absolute Gasteiger partial charge is 0.255 e. The van der Waals surface area contributed by atoms with E-state index >= 15 is 0 Å². The zero-order chi connectivity index (χ0) is 17.4. The first kappa shape index (κ1) is 15.5. The third-order valence-electron chi connectivity index (χ3n) is 3.97. The highest BCUT2D eigenvalue weighted by Crippen LogP contribution is 2.28. The van der Waals surface area contributed by atoms with Crippen molar-refractivity contribution in [2.75, 3.05) is 0 Å². The van der Waals surface area contributed by atoms with Crippen molar-refractivity contribution < 1.29 is 8.42 Å². The Morgan fingerprint density at radius 3 is 2.48 bits per heavy atom. The van der Waals surface area contributed by atoms with Crippen molar-refractivity contribution in [2.24, 2.45) is 0 Å². The van der Waals surface area contributed by atoms with E-state index in [0.717, 1.165) is 15.0 Å². The van der Waals surface area contributed by atoms with E-state index < -0.39 is 10.0 Å². The fraction of sp³-hybridized carbons (Fsp3) is 0.0526. The van der Waals surface area contributed by atoms with Gasteiger partial charge in [0.05, 0.1) is 16.9 Å². The first-order valence-electron chi connectivity index (χ1n) is 7.79. The molecule has 4 rings (SSSR count). The van der Waals surface area contributed by atoms with Crippen LogP contribution in [0.3, 0.4) is 0 Å². The molecule has 25 heavy (non-hydrogen) atoms. The fourth-order valence-corrected chi connectivity index (χ4v) is 4.35. The molecule has 0 aliphatic heterocycles. The molecule has 0 saturated heterocycles. The van der Waals surface area contributed by atoms with Gasteiger partial charge in [-0.2, -0.15) is 17.6 Å². The van der Waals surface area contributed by atoms with E-state index in [-0.39, 0.29) is 4.90 Å². The number of pyridine rings is 1. The van der Waals surface area contributed by atoms with Gasteiger partial charge in [-0.15, -0.1) is 0 Å². The minimum absolute atomic E-state index is 0.144. The van der Waals surface area contributed by atoms with Gasteiger partial charge in [-0.1, -0.05) is 48.5 Å². The number of hydrogen-bond donors (Lipinski definition) is 0. The maximum Gasteiger partial charge on any atom is 0.285 e. The van der Waals surface area contributed by atoms with Crippen molar-refractivity contribution in [1.29, 1.82) is 0 Å². The summed E-state index contributed by atoms with van der Waals surface area (Å²) in [6.07, 6.45) is 1.59. The second-order valence-electron chi connectivity index (χ2n) is 5.72. The second-order valence-corrected chi connectivity index (χ2v) is 7.45. The standard InChI is InChI=1S/C19H15N3O2S/c1-14-13-17(15-7-3-2-4-8-15)22(21-14)25(23,24)18-11-5-9-16-10-6-12-20-19(16)18/h2-13H,1H3. The monoisotopic (exact) mass is 349 g/mol. The fourth-order valence-electron chi connectivity index (χ4n) is 2.84. The SMILES string of the molecule is Cc1cc(-c2ccccc2)n(S(=O)(=O)c2cccc3cccnc23)n1. The van der Waals surface area contributed by atoms with Crippen molar-refractivity contribution in [3.63, 3.8) is 0 Å². The van der Waals surface area contributed by atoms with E-state index in [1.54, 1.807) is 37.4 Å². The Labute approximate surface area is 145 Å². The Bertz CT molecular complexity index is 1160. The number of hydrogen-bond acceptors (Lipinski definition) is 4. The van der Waals surface area contributed by atoms with Gasteiger partial charge in [0.25, 0.3) is 10.0 Å². The van der Waals surface area contributed by atoms with E-state index in [1.165, 1.54) is 0 Å². The van der Waals surface area contributed by atoms with Crippen molar-refractivity contribution in [2.45, 2.75) is 11.8 Å². The van der Waals surface area contributed by atoms with Crippen LogP contribution in [0.5, 0.6) is 0 Å². The van der Waals surface area contributed by atoms with Crippen LogP contribution in [0.15, 0.2) is 77.8 Å². The van der Waals surface area contributed by atoms with Gasteiger partial charge in [0, 0.05) is 17.1 Å². The maximum absolute atomic E-state index is 13.3. The lowest BCUT2D eigenvalue weighted by molar-refractivity contribution is 0.581. The lowest BCUT2D eigenvalue weighted by Crippen LogP contribution is -2.16. The van der Waals surface area contributed by atoms with Crippen molar-refractivity contribution >= 4 is 20.9 Å². The Morgan fingerprint density at radius 1 is 0.920 bits per heavy atom. The third kappa shape index (κ3) is 2.60. The van der Waals surface area contributed by atoms with Gasteiger partial charge in [-0.05, 0) is 25.1 Å². The minimum atomic E-state index is -3.88. The van der Waals surface area contributed by atoms with Crippen LogP contribution in [0.4, 0.5) is 0 Å². The Hall–Kier alpha value is -2.99. The predicted octanol–water partition coefficient (Wildman–Crippen LogP) is 3.64. The Balaban J connectivity index is 1.98. The maximum atomic E-state index is 13.3. The summed E-state index contributed by atoms with van der Waals surface area (Å²) in [5, 5.41) is 5.01. The summed E-state index contributed by atoms with van der Waals surface area (Å²) in [5.74, 6) is 0. The van der Waals surface area contributed by atoms with E-state index in [4.69, 9.17) is 0 Å². The summed E-state index contributed by atoms with van der Waals surface area (Å²) in [7, 11) is -3.88. The lowest BCUT2D eigenvalue weighted by atomic mass is 10.1. The first-order valence-corrected chi connectivity index (χ1v) is 9.23. The highest BCUT2D eigenvalue weighted by molar-refractivity contribution is 7.90. The lowest BCUT2D eigenvalue weighted by Gasteiger charge is -2.10.